The minimum atomic E-state index is 0.610. The highest BCUT2D eigenvalue weighted by Gasteiger charge is 2.20. The maximum Gasteiger partial charge on any atom is 0.0326 e. The maximum absolute atomic E-state index is 3.65. The van der Waals surface area contributed by atoms with Crippen LogP contribution < -0.4 is 5.32 Å². The Labute approximate surface area is 96.7 Å². The first kappa shape index (κ1) is 11.0. The Hall–Kier alpha value is -0.470. The van der Waals surface area contributed by atoms with Crippen LogP contribution in [-0.4, -0.2) is 18.1 Å². The van der Waals surface area contributed by atoms with Crippen LogP contribution in [0.1, 0.15) is 30.5 Å². The van der Waals surface area contributed by atoms with Crippen molar-refractivity contribution in [2.75, 3.05) is 18.1 Å². The fourth-order valence-corrected chi connectivity index (χ4v) is 2.77. The molecule has 0 saturated carbocycles. The first-order chi connectivity index (χ1) is 7.42. The van der Waals surface area contributed by atoms with Crippen LogP contribution in [0.25, 0.3) is 0 Å². The highest BCUT2D eigenvalue weighted by atomic mass is 32.2. The molecule has 0 bridgehead atoms. The first-order valence-corrected chi connectivity index (χ1v) is 6.96. The third-order valence-corrected chi connectivity index (χ3v) is 3.88. The average Bonchev–Trinajstić information content (AvgIpc) is 2.68. The van der Waals surface area contributed by atoms with Gasteiger partial charge in [-0.3, -0.25) is 0 Å². The Morgan fingerprint density at radius 1 is 1.40 bits per heavy atom. The number of benzene rings is 1. The van der Waals surface area contributed by atoms with Gasteiger partial charge in [-0.1, -0.05) is 31.2 Å². The van der Waals surface area contributed by atoms with E-state index in [1.165, 1.54) is 35.5 Å². The molecule has 0 radical (unpaired) electrons. The van der Waals surface area contributed by atoms with Crippen molar-refractivity contribution >= 4 is 11.8 Å². The molecule has 1 atom stereocenters. The van der Waals surface area contributed by atoms with Crippen molar-refractivity contribution in [1.29, 1.82) is 0 Å². The Morgan fingerprint density at radius 3 is 3.13 bits per heavy atom. The van der Waals surface area contributed by atoms with E-state index >= 15 is 0 Å². The summed E-state index contributed by atoms with van der Waals surface area (Å²) >= 11 is 2.01. The third-order valence-electron chi connectivity index (χ3n) is 2.97. The van der Waals surface area contributed by atoms with Gasteiger partial charge < -0.3 is 5.32 Å². The monoisotopic (exact) mass is 221 g/mol. The molecule has 1 unspecified atom stereocenters. The molecule has 1 aliphatic carbocycles. The predicted octanol–water partition coefficient (Wildman–Crippen LogP) is 3.02. The highest BCUT2D eigenvalue weighted by Crippen LogP contribution is 2.30. The molecule has 0 fully saturated rings. The van der Waals surface area contributed by atoms with Gasteiger partial charge in [0.1, 0.15) is 0 Å². The van der Waals surface area contributed by atoms with E-state index in [4.69, 9.17) is 0 Å². The molecule has 0 aromatic heterocycles. The van der Waals surface area contributed by atoms with Crippen molar-refractivity contribution < 1.29 is 0 Å². The number of thioether (sulfide) groups is 1. The summed E-state index contributed by atoms with van der Waals surface area (Å²) < 4.78 is 0. The standard InChI is InChI=1S/C13H19NS/c1-2-15-10-9-14-13-8-7-11-5-3-4-6-12(11)13/h3-6,13-14H,2,7-10H2,1H3. The summed E-state index contributed by atoms with van der Waals surface area (Å²) in [6.07, 6.45) is 2.52. The molecule has 0 aliphatic heterocycles. The van der Waals surface area contributed by atoms with E-state index in [1.54, 1.807) is 0 Å². The Kier molecular flexibility index (Phi) is 4.09. The van der Waals surface area contributed by atoms with Gasteiger partial charge in [-0.2, -0.15) is 11.8 Å². The van der Waals surface area contributed by atoms with E-state index in [-0.39, 0.29) is 0 Å². The predicted molar refractivity (Wildman–Crippen MR) is 68.5 cm³/mol. The van der Waals surface area contributed by atoms with Crippen LogP contribution in [-0.2, 0) is 6.42 Å². The molecule has 1 nitrogen and oxygen atoms in total. The lowest BCUT2D eigenvalue weighted by Crippen LogP contribution is -2.21. The molecule has 0 heterocycles. The summed E-state index contributed by atoms with van der Waals surface area (Å²) in [6, 6.07) is 9.44. The lowest BCUT2D eigenvalue weighted by molar-refractivity contribution is 0.552. The molecule has 1 N–H and O–H groups in total. The van der Waals surface area contributed by atoms with Gasteiger partial charge in [0, 0.05) is 18.3 Å². The van der Waals surface area contributed by atoms with Crippen LogP contribution in [0.2, 0.25) is 0 Å². The number of hydrogen-bond donors (Lipinski definition) is 1. The summed E-state index contributed by atoms with van der Waals surface area (Å²) in [7, 11) is 0. The van der Waals surface area contributed by atoms with Crippen LogP contribution in [0.5, 0.6) is 0 Å². The normalized spacial score (nSPS) is 19.1. The van der Waals surface area contributed by atoms with Crippen LogP contribution in [0, 0.1) is 0 Å². The fraction of sp³-hybridized carbons (Fsp3) is 0.538. The van der Waals surface area contributed by atoms with Crippen LogP contribution in [0.3, 0.4) is 0 Å². The Bertz CT molecular complexity index is 311. The second-order valence-electron chi connectivity index (χ2n) is 3.94. The lowest BCUT2D eigenvalue weighted by atomic mass is 10.1. The van der Waals surface area contributed by atoms with Crippen molar-refractivity contribution in [3.63, 3.8) is 0 Å². The number of fused-ring (bicyclic) bond motifs is 1. The van der Waals surface area contributed by atoms with Gasteiger partial charge in [0.2, 0.25) is 0 Å². The highest BCUT2D eigenvalue weighted by molar-refractivity contribution is 7.99. The van der Waals surface area contributed by atoms with Gasteiger partial charge in [-0.25, -0.2) is 0 Å². The number of hydrogen-bond acceptors (Lipinski definition) is 2. The zero-order valence-corrected chi connectivity index (χ0v) is 10.1. The molecule has 0 amide bonds. The molecule has 15 heavy (non-hydrogen) atoms. The molecule has 2 heteroatoms. The zero-order valence-electron chi connectivity index (χ0n) is 9.33. The Morgan fingerprint density at radius 2 is 2.27 bits per heavy atom. The number of aryl methyl sites for hydroxylation is 1. The van der Waals surface area contributed by atoms with E-state index in [9.17, 15) is 0 Å². The summed E-state index contributed by atoms with van der Waals surface area (Å²) in [5, 5.41) is 3.65. The van der Waals surface area contributed by atoms with Crippen molar-refractivity contribution in [1.82, 2.24) is 5.32 Å². The zero-order chi connectivity index (χ0) is 10.5. The molecular formula is C13H19NS. The van der Waals surface area contributed by atoms with Crippen molar-refractivity contribution in [3.05, 3.63) is 35.4 Å². The third kappa shape index (κ3) is 2.76. The minimum absolute atomic E-state index is 0.610. The second-order valence-corrected chi connectivity index (χ2v) is 5.33. The lowest BCUT2D eigenvalue weighted by Gasteiger charge is -2.13. The van der Waals surface area contributed by atoms with Crippen molar-refractivity contribution in [2.24, 2.45) is 0 Å². The fourth-order valence-electron chi connectivity index (χ4n) is 2.22. The van der Waals surface area contributed by atoms with Gasteiger partial charge in [0.05, 0.1) is 0 Å². The van der Waals surface area contributed by atoms with E-state index in [2.05, 4.69) is 36.5 Å². The molecule has 82 valence electrons. The molecule has 0 saturated heterocycles. The van der Waals surface area contributed by atoms with Gasteiger partial charge in [0.15, 0.2) is 0 Å². The topological polar surface area (TPSA) is 12.0 Å². The molecule has 2 rings (SSSR count). The van der Waals surface area contributed by atoms with Crippen LogP contribution >= 0.6 is 11.8 Å². The molecule has 1 aromatic carbocycles. The summed E-state index contributed by atoms with van der Waals surface area (Å²) in [5.41, 5.74) is 3.07. The quantitative estimate of drug-likeness (QED) is 0.767. The van der Waals surface area contributed by atoms with Gasteiger partial charge >= 0.3 is 0 Å². The van der Waals surface area contributed by atoms with Crippen LogP contribution in [0.4, 0.5) is 0 Å². The maximum atomic E-state index is 3.65. The van der Waals surface area contributed by atoms with E-state index in [0.717, 1.165) is 6.54 Å². The van der Waals surface area contributed by atoms with Crippen LogP contribution in [0.15, 0.2) is 24.3 Å². The second kappa shape index (κ2) is 5.57. The molecule has 1 aromatic rings. The van der Waals surface area contributed by atoms with Crippen molar-refractivity contribution in [3.8, 4) is 0 Å². The first-order valence-electron chi connectivity index (χ1n) is 5.80. The molecule has 1 aliphatic rings. The van der Waals surface area contributed by atoms with E-state index < -0.39 is 0 Å². The number of nitrogens with one attached hydrogen (secondary N) is 1. The molecule has 0 spiro atoms. The average molecular weight is 221 g/mol. The largest absolute Gasteiger partial charge is 0.309 e. The van der Waals surface area contributed by atoms with Gasteiger partial charge in [0.25, 0.3) is 0 Å². The Balaban J connectivity index is 1.85. The van der Waals surface area contributed by atoms with E-state index in [1.807, 2.05) is 11.8 Å². The SMILES string of the molecule is CCSCCNC1CCc2ccccc21. The van der Waals surface area contributed by atoms with Gasteiger partial charge in [-0.05, 0) is 29.7 Å². The summed E-state index contributed by atoms with van der Waals surface area (Å²) in [6.45, 7) is 3.35. The summed E-state index contributed by atoms with van der Waals surface area (Å²) in [5.74, 6) is 2.46. The van der Waals surface area contributed by atoms with Crippen molar-refractivity contribution in [2.45, 2.75) is 25.8 Å². The molecular weight excluding hydrogens is 202 g/mol. The van der Waals surface area contributed by atoms with E-state index in [0.29, 0.717) is 6.04 Å². The smallest absolute Gasteiger partial charge is 0.0326 e. The van der Waals surface area contributed by atoms with Gasteiger partial charge in [-0.15, -0.1) is 0 Å². The summed E-state index contributed by atoms with van der Waals surface area (Å²) in [4.78, 5) is 0. The minimum Gasteiger partial charge on any atom is -0.309 e. The number of rotatable bonds is 5.